The van der Waals surface area contributed by atoms with Crippen molar-refractivity contribution < 1.29 is 9.31 Å². The third kappa shape index (κ3) is 4.41. The SMILES string of the molecule is Cl.O=[N+]([O-])c1ccc(F)cc1CN1CCCNCC1. The van der Waals surface area contributed by atoms with E-state index in [1.54, 1.807) is 0 Å². The Balaban J connectivity index is 0.00000180. The van der Waals surface area contributed by atoms with Gasteiger partial charge in [-0.1, -0.05) is 0 Å². The Hall–Kier alpha value is -1.24. The smallest absolute Gasteiger partial charge is 0.274 e. The second-order valence-electron chi connectivity index (χ2n) is 4.41. The summed E-state index contributed by atoms with van der Waals surface area (Å²) in [4.78, 5) is 12.6. The van der Waals surface area contributed by atoms with Crippen LogP contribution in [0, 0.1) is 15.9 Å². The van der Waals surface area contributed by atoms with Gasteiger partial charge < -0.3 is 5.32 Å². The van der Waals surface area contributed by atoms with Gasteiger partial charge in [-0.15, -0.1) is 12.4 Å². The van der Waals surface area contributed by atoms with Crippen LogP contribution in [0.1, 0.15) is 12.0 Å². The van der Waals surface area contributed by atoms with Crippen LogP contribution in [-0.4, -0.2) is 36.0 Å². The lowest BCUT2D eigenvalue weighted by Gasteiger charge is -2.19. The van der Waals surface area contributed by atoms with Crippen LogP contribution < -0.4 is 5.32 Å². The largest absolute Gasteiger partial charge is 0.315 e. The van der Waals surface area contributed by atoms with E-state index in [9.17, 15) is 14.5 Å². The average Bonchev–Trinajstić information content (AvgIpc) is 2.57. The molecule has 0 atom stereocenters. The quantitative estimate of drug-likeness (QED) is 0.682. The van der Waals surface area contributed by atoms with Gasteiger partial charge in [-0.3, -0.25) is 15.0 Å². The van der Waals surface area contributed by atoms with Crippen LogP contribution >= 0.6 is 12.4 Å². The number of nitrogens with zero attached hydrogens (tertiary/aromatic N) is 2. The highest BCUT2D eigenvalue weighted by Gasteiger charge is 2.18. The minimum absolute atomic E-state index is 0. The van der Waals surface area contributed by atoms with E-state index in [2.05, 4.69) is 10.2 Å². The lowest BCUT2D eigenvalue weighted by atomic mass is 10.1. The van der Waals surface area contributed by atoms with E-state index in [-0.39, 0.29) is 18.1 Å². The van der Waals surface area contributed by atoms with Crippen molar-refractivity contribution in [2.75, 3.05) is 26.2 Å². The van der Waals surface area contributed by atoms with Crippen molar-refractivity contribution in [3.63, 3.8) is 0 Å². The maximum Gasteiger partial charge on any atom is 0.274 e. The van der Waals surface area contributed by atoms with Crippen LogP contribution in [-0.2, 0) is 6.54 Å². The molecule has 1 aliphatic rings. The van der Waals surface area contributed by atoms with Crippen LogP contribution in [0.3, 0.4) is 0 Å². The van der Waals surface area contributed by atoms with Crippen LogP contribution in [0.15, 0.2) is 18.2 Å². The van der Waals surface area contributed by atoms with Crippen molar-refractivity contribution in [2.24, 2.45) is 0 Å². The van der Waals surface area contributed by atoms with Crippen molar-refractivity contribution in [3.05, 3.63) is 39.7 Å². The van der Waals surface area contributed by atoms with Crippen LogP contribution in [0.5, 0.6) is 0 Å². The standard InChI is InChI=1S/C12H16FN3O2.ClH/c13-11-2-3-12(16(17)18)10(8-11)9-15-6-1-4-14-5-7-15;/h2-3,8,14H,1,4-7,9H2;1H. The van der Waals surface area contributed by atoms with Crippen molar-refractivity contribution in [1.29, 1.82) is 0 Å². The molecule has 7 heteroatoms. The summed E-state index contributed by atoms with van der Waals surface area (Å²) in [6, 6.07) is 3.63. The van der Waals surface area contributed by atoms with Gasteiger partial charge in [-0.25, -0.2) is 4.39 Å². The van der Waals surface area contributed by atoms with Crippen LogP contribution in [0.2, 0.25) is 0 Å². The summed E-state index contributed by atoms with van der Waals surface area (Å²) >= 11 is 0. The zero-order valence-corrected chi connectivity index (χ0v) is 11.3. The molecule has 0 saturated carbocycles. The molecule has 1 aliphatic heterocycles. The fraction of sp³-hybridized carbons (Fsp3) is 0.500. The van der Waals surface area contributed by atoms with Gasteiger partial charge in [0.1, 0.15) is 5.82 Å². The average molecular weight is 290 g/mol. The molecule has 0 bridgehead atoms. The number of hydrogen-bond donors (Lipinski definition) is 1. The molecule has 1 aromatic rings. The summed E-state index contributed by atoms with van der Waals surface area (Å²) in [5, 5.41) is 14.2. The molecule has 2 rings (SSSR count). The van der Waals surface area contributed by atoms with Gasteiger partial charge in [0.15, 0.2) is 0 Å². The van der Waals surface area contributed by atoms with Gasteiger partial charge in [0.05, 0.1) is 4.92 Å². The zero-order valence-electron chi connectivity index (χ0n) is 10.5. The van der Waals surface area contributed by atoms with Gasteiger partial charge >= 0.3 is 0 Å². The number of nitro groups is 1. The van der Waals surface area contributed by atoms with Crippen molar-refractivity contribution >= 4 is 18.1 Å². The number of halogens is 2. The van der Waals surface area contributed by atoms with Gasteiger partial charge in [0.2, 0.25) is 0 Å². The monoisotopic (exact) mass is 289 g/mol. The summed E-state index contributed by atoms with van der Waals surface area (Å²) in [5.74, 6) is -0.427. The fourth-order valence-corrected chi connectivity index (χ4v) is 2.16. The zero-order chi connectivity index (χ0) is 13.0. The Kier molecular flexibility index (Phi) is 6.14. The predicted octanol–water partition coefficient (Wildman–Crippen LogP) is 1.95. The number of rotatable bonds is 3. The van der Waals surface area contributed by atoms with Crippen molar-refractivity contribution in [2.45, 2.75) is 13.0 Å². The second-order valence-corrected chi connectivity index (χ2v) is 4.41. The minimum atomic E-state index is -0.454. The molecular formula is C12H17ClFN3O2. The summed E-state index contributed by atoms with van der Waals surface area (Å²) in [6.07, 6.45) is 1.00. The first-order chi connectivity index (χ1) is 8.66. The molecule has 0 aromatic heterocycles. The normalized spacial score (nSPS) is 16.5. The highest BCUT2D eigenvalue weighted by atomic mass is 35.5. The van der Waals surface area contributed by atoms with E-state index >= 15 is 0 Å². The maximum atomic E-state index is 13.2. The number of hydrogen-bond acceptors (Lipinski definition) is 4. The van der Waals surface area contributed by atoms with E-state index < -0.39 is 10.7 Å². The number of nitro benzene ring substituents is 1. The molecule has 0 radical (unpaired) electrons. The molecule has 0 aliphatic carbocycles. The summed E-state index contributed by atoms with van der Waals surface area (Å²) in [6.45, 7) is 3.95. The molecule has 0 spiro atoms. The molecule has 19 heavy (non-hydrogen) atoms. The Bertz CT molecular complexity index is 437. The topological polar surface area (TPSA) is 58.4 Å². The van der Waals surface area contributed by atoms with Gasteiger partial charge in [-0.05, 0) is 31.6 Å². The predicted molar refractivity (Wildman–Crippen MR) is 73.1 cm³/mol. The van der Waals surface area contributed by atoms with Gasteiger partial charge in [-0.2, -0.15) is 0 Å². The lowest BCUT2D eigenvalue weighted by molar-refractivity contribution is -0.385. The minimum Gasteiger partial charge on any atom is -0.315 e. The molecule has 1 heterocycles. The highest BCUT2D eigenvalue weighted by molar-refractivity contribution is 5.85. The van der Waals surface area contributed by atoms with E-state index in [0.717, 1.165) is 38.7 Å². The number of nitrogens with one attached hydrogen (secondary N) is 1. The fourth-order valence-electron chi connectivity index (χ4n) is 2.16. The third-order valence-corrected chi connectivity index (χ3v) is 3.06. The van der Waals surface area contributed by atoms with E-state index in [4.69, 9.17) is 0 Å². The molecular weight excluding hydrogens is 273 g/mol. The Morgan fingerprint density at radius 2 is 2.16 bits per heavy atom. The summed E-state index contributed by atoms with van der Waals surface area (Å²) in [7, 11) is 0. The van der Waals surface area contributed by atoms with E-state index in [0.29, 0.717) is 12.1 Å². The Labute approximate surface area is 117 Å². The Morgan fingerprint density at radius 3 is 2.89 bits per heavy atom. The van der Waals surface area contributed by atoms with Crippen LogP contribution in [0.4, 0.5) is 10.1 Å². The molecule has 0 amide bonds. The van der Waals surface area contributed by atoms with Crippen LogP contribution in [0.25, 0.3) is 0 Å². The molecule has 1 saturated heterocycles. The molecule has 1 N–H and O–H groups in total. The van der Waals surface area contributed by atoms with Gasteiger partial charge in [0.25, 0.3) is 5.69 Å². The first kappa shape index (κ1) is 15.8. The van der Waals surface area contributed by atoms with Gasteiger partial charge in [0, 0.05) is 31.3 Å². The van der Waals surface area contributed by atoms with E-state index in [1.165, 1.54) is 12.1 Å². The molecule has 106 valence electrons. The molecule has 0 unspecified atom stereocenters. The first-order valence-corrected chi connectivity index (χ1v) is 6.03. The second kappa shape index (κ2) is 7.37. The summed E-state index contributed by atoms with van der Waals surface area (Å²) in [5.41, 5.74) is 0.440. The first-order valence-electron chi connectivity index (χ1n) is 6.03. The third-order valence-electron chi connectivity index (χ3n) is 3.06. The molecule has 1 aromatic carbocycles. The molecule has 1 fully saturated rings. The Morgan fingerprint density at radius 1 is 1.37 bits per heavy atom. The molecule has 5 nitrogen and oxygen atoms in total. The number of benzene rings is 1. The lowest BCUT2D eigenvalue weighted by Crippen LogP contribution is -2.28. The summed E-state index contributed by atoms with van der Waals surface area (Å²) < 4.78 is 13.2. The maximum absolute atomic E-state index is 13.2. The van der Waals surface area contributed by atoms with E-state index in [1.807, 2.05) is 0 Å². The van der Waals surface area contributed by atoms with Crippen molar-refractivity contribution in [1.82, 2.24) is 10.2 Å². The van der Waals surface area contributed by atoms with Crippen molar-refractivity contribution in [3.8, 4) is 0 Å². The highest BCUT2D eigenvalue weighted by Crippen LogP contribution is 2.21.